The minimum Gasteiger partial charge on any atom is -0.493 e. The van der Waals surface area contributed by atoms with Crippen LogP contribution in [0, 0.1) is 0 Å². The van der Waals surface area contributed by atoms with Crippen molar-refractivity contribution in [1.82, 2.24) is 0 Å². The number of carbonyl (C=O) groups is 2. The average molecular weight is 238 g/mol. The SMILES string of the molecule is COc1ccc(CC(=O)O)c(C(C)=O)c1OC. The molecule has 0 unspecified atom stereocenters. The number of carboxylic acid groups (broad SMARTS) is 1. The summed E-state index contributed by atoms with van der Waals surface area (Å²) in [6, 6.07) is 3.15. The molecule has 5 heteroatoms. The highest BCUT2D eigenvalue weighted by Crippen LogP contribution is 2.33. The van der Waals surface area contributed by atoms with Crippen molar-refractivity contribution in [3.63, 3.8) is 0 Å². The minimum atomic E-state index is -1.00. The third-order valence-electron chi connectivity index (χ3n) is 2.33. The lowest BCUT2D eigenvalue weighted by atomic mass is 10.00. The molecule has 0 aliphatic heterocycles. The van der Waals surface area contributed by atoms with Crippen LogP contribution in [0.15, 0.2) is 12.1 Å². The summed E-state index contributed by atoms with van der Waals surface area (Å²) in [5.41, 5.74) is 0.678. The van der Waals surface area contributed by atoms with Crippen molar-refractivity contribution in [2.45, 2.75) is 13.3 Å². The van der Waals surface area contributed by atoms with Gasteiger partial charge >= 0.3 is 5.97 Å². The summed E-state index contributed by atoms with van der Waals surface area (Å²) in [5, 5.41) is 8.78. The molecule has 5 nitrogen and oxygen atoms in total. The molecule has 0 heterocycles. The smallest absolute Gasteiger partial charge is 0.307 e. The van der Waals surface area contributed by atoms with Crippen molar-refractivity contribution in [3.05, 3.63) is 23.3 Å². The first kappa shape index (κ1) is 13.0. The monoisotopic (exact) mass is 238 g/mol. The Balaban J connectivity index is 3.41. The number of ketones is 1. The van der Waals surface area contributed by atoms with Crippen molar-refractivity contribution >= 4 is 11.8 Å². The van der Waals surface area contributed by atoms with Crippen molar-refractivity contribution in [1.29, 1.82) is 0 Å². The van der Waals surface area contributed by atoms with Crippen LogP contribution >= 0.6 is 0 Å². The Hall–Kier alpha value is -2.04. The van der Waals surface area contributed by atoms with Crippen LogP contribution in [0.25, 0.3) is 0 Å². The zero-order valence-corrected chi connectivity index (χ0v) is 9.94. The normalized spacial score (nSPS) is 9.82. The maximum Gasteiger partial charge on any atom is 0.307 e. The molecule has 0 saturated heterocycles. The van der Waals surface area contributed by atoms with E-state index in [-0.39, 0.29) is 23.5 Å². The molecule has 0 amide bonds. The number of hydrogen-bond acceptors (Lipinski definition) is 4. The van der Waals surface area contributed by atoms with Gasteiger partial charge in [0.1, 0.15) is 0 Å². The number of ether oxygens (including phenoxy) is 2. The highest BCUT2D eigenvalue weighted by atomic mass is 16.5. The lowest BCUT2D eigenvalue weighted by Gasteiger charge is -2.14. The first-order chi connectivity index (χ1) is 8.01. The van der Waals surface area contributed by atoms with Gasteiger partial charge in [-0.1, -0.05) is 6.07 Å². The molecule has 92 valence electrons. The van der Waals surface area contributed by atoms with Crippen LogP contribution in [0.1, 0.15) is 22.8 Å². The van der Waals surface area contributed by atoms with Gasteiger partial charge < -0.3 is 14.6 Å². The topological polar surface area (TPSA) is 72.8 Å². The number of aliphatic carboxylic acids is 1. The van der Waals surface area contributed by atoms with Crippen LogP contribution in [0.5, 0.6) is 11.5 Å². The van der Waals surface area contributed by atoms with E-state index in [4.69, 9.17) is 14.6 Å². The van der Waals surface area contributed by atoms with Crippen molar-refractivity contribution < 1.29 is 24.2 Å². The molecule has 0 aromatic heterocycles. The fourth-order valence-electron chi connectivity index (χ4n) is 1.66. The second-order valence-electron chi connectivity index (χ2n) is 3.46. The van der Waals surface area contributed by atoms with Crippen LogP contribution in [0.3, 0.4) is 0 Å². The van der Waals surface area contributed by atoms with Gasteiger partial charge in [-0.05, 0) is 18.6 Å². The summed E-state index contributed by atoms with van der Waals surface area (Å²) in [5.74, 6) is -0.567. The molecule has 1 aromatic rings. The lowest BCUT2D eigenvalue weighted by Crippen LogP contribution is -2.09. The van der Waals surface area contributed by atoms with Gasteiger partial charge in [-0.2, -0.15) is 0 Å². The molecular weight excluding hydrogens is 224 g/mol. The van der Waals surface area contributed by atoms with E-state index in [1.54, 1.807) is 12.1 Å². The first-order valence-corrected chi connectivity index (χ1v) is 4.97. The van der Waals surface area contributed by atoms with Gasteiger partial charge in [-0.3, -0.25) is 9.59 Å². The summed E-state index contributed by atoms with van der Waals surface area (Å²) < 4.78 is 10.2. The number of carbonyl (C=O) groups excluding carboxylic acids is 1. The molecule has 0 saturated carbocycles. The number of methoxy groups -OCH3 is 2. The van der Waals surface area contributed by atoms with Crippen LogP contribution in [-0.4, -0.2) is 31.1 Å². The van der Waals surface area contributed by atoms with E-state index in [9.17, 15) is 9.59 Å². The van der Waals surface area contributed by atoms with Gasteiger partial charge in [-0.15, -0.1) is 0 Å². The standard InChI is InChI=1S/C12H14O5/c1-7(13)11-8(6-10(14)15)4-5-9(16-2)12(11)17-3/h4-5H,6H2,1-3H3,(H,14,15). The van der Waals surface area contributed by atoms with Gasteiger partial charge in [0, 0.05) is 0 Å². The van der Waals surface area contributed by atoms with E-state index in [0.717, 1.165) is 0 Å². The maximum absolute atomic E-state index is 11.6. The van der Waals surface area contributed by atoms with E-state index in [1.807, 2.05) is 0 Å². The maximum atomic E-state index is 11.6. The lowest BCUT2D eigenvalue weighted by molar-refractivity contribution is -0.136. The Labute approximate surface area is 99.0 Å². The molecule has 0 spiro atoms. The van der Waals surface area contributed by atoms with Gasteiger partial charge in [-0.25, -0.2) is 0 Å². The van der Waals surface area contributed by atoms with E-state index < -0.39 is 5.97 Å². The fourth-order valence-corrected chi connectivity index (χ4v) is 1.66. The number of Topliss-reactive ketones (excluding diaryl/α,β-unsaturated/α-hetero) is 1. The Kier molecular flexibility index (Phi) is 4.09. The number of hydrogen-bond donors (Lipinski definition) is 1. The van der Waals surface area contributed by atoms with Crippen LogP contribution in [-0.2, 0) is 11.2 Å². The highest BCUT2D eigenvalue weighted by Gasteiger charge is 2.19. The van der Waals surface area contributed by atoms with E-state index in [0.29, 0.717) is 11.3 Å². The van der Waals surface area contributed by atoms with Crippen LogP contribution in [0.2, 0.25) is 0 Å². The van der Waals surface area contributed by atoms with E-state index >= 15 is 0 Å². The van der Waals surface area contributed by atoms with Crippen LogP contribution in [0.4, 0.5) is 0 Å². The number of rotatable bonds is 5. The Bertz CT molecular complexity index is 450. The minimum absolute atomic E-state index is 0.227. The van der Waals surface area contributed by atoms with Gasteiger partial charge in [0.25, 0.3) is 0 Å². The molecule has 1 N–H and O–H groups in total. The summed E-state index contributed by atoms with van der Waals surface area (Å²) >= 11 is 0. The molecule has 0 atom stereocenters. The fraction of sp³-hybridized carbons (Fsp3) is 0.333. The predicted molar refractivity (Wildman–Crippen MR) is 60.9 cm³/mol. The van der Waals surface area contributed by atoms with E-state index in [1.165, 1.54) is 21.1 Å². The molecule has 17 heavy (non-hydrogen) atoms. The number of carboxylic acids is 1. The van der Waals surface area contributed by atoms with Gasteiger partial charge in [0.05, 0.1) is 26.2 Å². The molecule has 1 aromatic carbocycles. The van der Waals surface area contributed by atoms with Crippen LogP contribution < -0.4 is 9.47 Å². The molecule has 0 aliphatic rings. The van der Waals surface area contributed by atoms with Crippen molar-refractivity contribution in [2.24, 2.45) is 0 Å². The Morgan fingerprint density at radius 3 is 2.29 bits per heavy atom. The van der Waals surface area contributed by atoms with E-state index in [2.05, 4.69) is 0 Å². The first-order valence-electron chi connectivity index (χ1n) is 4.97. The van der Waals surface area contributed by atoms with Gasteiger partial charge in [0.2, 0.25) is 0 Å². The largest absolute Gasteiger partial charge is 0.493 e. The number of benzene rings is 1. The third kappa shape index (κ3) is 2.75. The molecular formula is C12H14O5. The molecule has 1 rings (SSSR count). The summed E-state index contributed by atoms with van der Waals surface area (Å²) in [6.45, 7) is 1.36. The summed E-state index contributed by atoms with van der Waals surface area (Å²) in [6.07, 6.45) is -0.227. The molecule has 0 fully saturated rings. The average Bonchev–Trinajstić information content (AvgIpc) is 2.26. The quantitative estimate of drug-likeness (QED) is 0.787. The second-order valence-corrected chi connectivity index (χ2v) is 3.46. The Morgan fingerprint density at radius 1 is 1.24 bits per heavy atom. The summed E-state index contributed by atoms with van der Waals surface area (Å²) in [7, 11) is 2.87. The molecule has 0 radical (unpaired) electrons. The molecule has 0 aliphatic carbocycles. The zero-order valence-electron chi connectivity index (χ0n) is 9.94. The second kappa shape index (κ2) is 5.34. The third-order valence-corrected chi connectivity index (χ3v) is 2.33. The summed E-state index contributed by atoms with van der Waals surface area (Å²) in [4.78, 5) is 22.3. The molecule has 0 bridgehead atoms. The van der Waals surface area contributed by atoms with Crippen molar-refractivity contribution in [2.75, 3.05) is 14.2 Å². The Morgan fingerprint density at radius 2 is 1.88 bits per heavy atom. The highest BCUT2D eigenvalue weighted by molar-refractivity contribution is 6.00. The predicted octanol–water partition coefficient (Wildman–Crippen LogP) is 1.53. The van der Waals surface area contributed by atoms with Gasteiger partial charge in [0.15, 0.2) is 17.3 Å². The zero-order chi connectivity index (χ0) is 13.0. The van der Waals surface area contributed by atoms with Crippen molar-refractivity contribution in [3.8, 4) is 11.5 Å².